The molecule has 0 rings (SSSR count). The van der Waals surface area contributed by atoms with Crippen LogP contribution in [0.4, 0.5) is 0 Å². The van der Waals surface area contributed by atoms with Gasteiger partial charge in [0.25, 0.3) is 0 Å². The Morgan fingerprint density at radius 2 is 1.47 bits per heavy atom. The van der Waals surface area contributed by atoms with Crippen molar-refractivity contribution in [3.05, 3.63) is 36.5 Å². The molecule has 1 nitrogen and oxygen atoms in total. The third kappa shape index (κ3) is 32.4. The molecule has 0 saturated heterocycles. The van der Waals surface area contributed by atoms with Crippen LogP contribution in [0.2, 0.25) is 0 Å². The van der Waals surface area contributed by atoms with E-state index in [1.54, 1.807) is 12.2 Å². The molecule has 0 aromatic rings. The van der Waals surface area contributed by atoms with Crippen molar-refractivity contribution in [2.24, 2.45) is 0 Å². The normalized spacial score (nSPS) is 8.00. The van der Waals surface area contributed by atoms with Crippen LogP contribution < -0.4 is 0 Å². The van der Waals surface area contributed by atoms with Gasteiger partial charge in [-0.1, -0.05) is 66.3 Å². The summed E-state index contributed by atoms with van der Waals surface area (Å²) in [6, 6.07) is 1.98. The van der Waals surface area contributed by atoms with E-state index in [9.17, 15) is 0 Å². The standard InChI is InChI=1S/C8H9N.3C2H6/c1-3-5-6-8(4-2)7-9;3*1-2/h3-6H,2H2,1H3;3*1-2H3/b5-3-,8-6+;;;. The molecule has 0 heterocycles. The first-order valence-corrected chi connectivity index (χ1v) is 5.70. The summed E-state index contributed by atoms with van der Waals surface area (Å²) in [4.78, 5) is 0. The molecule has 0 amide bonds. The zero-order valence-corrected chi connectivity index (χ0v) is 11.5. The Hall–Kier alpha value is -1.29. The molecule has 88 valence electrons. The summed E-state index contributed by atoms with van der Waals surface area (Å²) in [5.41, 5.74) is 0.591. The molecule has 0 radical (unpaired) electrons. The monoisotopic (exact) mass is 209 g/mol. The smallest absolute Gasteiger partial charge is 0.0991 e. The molecule has 0 N–H and O–H groups in total. The Labute approximate surface area is 96.8 Å². The molecule has 0 unspecified atom stereocenters. The van der Waals surface area contributed by atoms with E-state index in [2.05, 4.69) is 6.58 Å². The van der Waals surface area contributed by atoms with Crippen LogP contribution in [0.3, 0.4) is 0 Å². The minimum absolute atomic E-state index is 0.591. The molecule has 0 bridgehead atoms. The minimum atomic E-state index is 0.591. The first kappa shape index (κ1) is 23.5. The first-order chi connectivity index (χ1) is 7.35. The number of hydrogen-bond acceptors (Lipinski definition) is 1. The van der Waals surface area contributed by atoms with E-state index in [-0.39, 0.29) is 0 Å². The molecule has 0 atom stereocenters. The lowest BCUT2D eigenvalue weighted by atomic mass is 10.2. The second-order valence-electron chi connectivity index (χ2n) is 1.46. The lowest BCUT2D eigenvalue weighted by Gasteiger charge is -1.78. The Morgan fingerprint density at radius 3 is 1.67 bits per heavy atom. The van der Waals surface area contributed by atoms with Crippen LogP contribution >= 0.6 is 0 Å². The summed E-state index contributed by atoms with van der Waals surface area (Å²) in [7, 11) is 0. The highest BCUT2D eigenvalue weighted by atomic mass is 14.2. The van der Waals surface area contributed by atoms with Crippen LogP contribution in [-0.2, 0) is 0 Å². The van der Waals surface area contributed by atoms with Crippen molar-refractivity contribution in [2.75, 3.05) is 0 Å². The molecule has 15 heavy (non-hydrogen) atoms. The number of nitriles is 1. The van der Waals surface area contributed by atoms with Crippen LogP contribution in [0.5, 0.6) is 0 Å². The van der Waals surface area contributed by atoms with Crippen molar-refractivity contribution in [1.82, 2.24) is 0 Å². The van der Waals surface area contributed by atoms with Gasteiger partial charge in [0.05, 0.1) is 11.6 Å². The van der Waals surface area contributed by atoms with Gasteiger partial charge in [-0.3, -0.25) is 0 Å². The van der Waals surface area contributed by atoms with Gasteiger partial charge in [0, 0.05) is 0 Å². The third-order valence-electron chi connectivity index (χ3n) is 0.817. The van der Waals surface area contributed by atoms with Gasteiger partial charge < -0.3 is 0 Å². The Kier molecular flexibility index (Phi) is 60.6. The molecule has 0 aromatic heterocycles. The van der Waals surface area contributed by atoms with Gasteiger partial charge in [0.2, 0.25) is 0 Å². The fraction of sp³-hybridized carbons (Fsp3) is 0.500. The van der Waals surface area contributed by atoms with Crippen LogP contribution in [0.15, 0.2) is 36.5 Å². The molecule has 0 saturated carbocycles. The molecule has 0 aliphatic carbocycles. The number of nitrogens with zero attached hydrogens (tertiary/aromatic N) is 1. The summed E-state index contributed by atoms with van der Waals surface area (Å²) in [5.74, 6) is 0. The maximum atomic E-state index is 8.33. The number of hydrogen-bond donors (Lipinski definition) is 0. The van der Waals surface area contributed by atoms with E-state index in [0.29, 0.717) is 5.57 Å². The van der Waals surface area contributed by atoms with Gasteiger partial charge in [-0.05, 0) is 13.0 Å². The molecular weight excluding hydrogens is 182 g/mol. The summed E-state index contributed by atoms with van der Waals surface area (Å²) in [6.07, 6.45) is 6.91. The van der Waals surface area contributed by atoms with Crippen molar-refractivity contribution in [3.8, 4) is 6.07 Å². The maximum Gasteiger partial charge on any atom is 0.0991 e. The van der Waals surface area contributed by atoms with Crippen molar-refractivity contribution in [1.29, 1.82) is 5.26 Å². The summed E-state index contributed by atoms with van der Waals surface area (Å²) >= 11 is 0. The fourth-order valence-electron chi connectivity index (χ4n) is 0.351. The molecule has 0 fully saturated rings. The fourth-order valence-corrected chi connectivity index (χ4v) is 0.351. The average molecular weight is 209 g/mol. The highest BCUT2D eigenvalue weighted by Crippen LogP contribution is 1.91. The number of allylic oxidation sites excluding steroid dienone is 5. The van der Waals surface area contributed by atoms with Crippen LogP contribution in [-0.4, -0.2) is 0 Å². The molecule has 1 heteroatoms. The number of rotatable bonds is 2. The van der Waals surface area contributed by atoms with E-state index < -0.39 is 0 Å². The zero-order valence-electron chi connectivity index (χ0n) is 11.5. The zero-order chi connectivity index (χ0) is 13.1. The van der Waals surface area contributed by atoms with Crippen molar-refractivity contribution in [2.45, 2.75) is 48.5 Å². The van der Waals surface area contributed by atoms with Gasteiger partial charge in [-0.25, -0.2) is 0 Å². The van der Waals surface area contributed by atoms with Crippen molar-refractivity contribution in [3.63, 3.8) is 0 Å². The second-order valence-corrected chi connectivity index (χ2v) is 1.46. The lowest BCUT2D eigenvalue weighted by molar-refractivity contribution is 1.50. The summed E-state index contributed by atoms with van der Waals surface area (Å²) in [6.45, 7) is 17.4. The van der Waals surface area contributed by atoms with Gasteiger partial charge >= 0.3 is 0 Å². The van der Waals surface area contributed by atoms with E-state index in [4.69, 9.17) is 5.26 Å². The third-order valence-corrected chi connectivity index (χ3v) is 0.817. The van der Waals surface area contributed by atoms with E-state index in [1.165, 1.54) is 6.08 Å². The Morgan fingerprint density at radius 1 is 1.07 bits per heavy atom. The highest BCUT2D eigenvalue weighted by Gasteiger charge is 1.79. The SMILES string of the molecule is C=C/C(C#N)=C\C=C/C.CC.CC.CC. The Bertz CT molecular complexity index is 180. The second kappa shape index (κ2) is 38.7. The minimum Gasteiger partial charge on any atom is -0.192 e. The van der Waals surface area contributed by atoms with Gasteiger partial charge in [-0.2, -0.15) is 5.26 Å². The largest absolute Gasteiger partial charge is 0.192 e. The van der Waals surface area contributed by atoms with Crippen LogP contribution in [0, 0.1) is 11.3 Å². The van der Waals surface area contributed by atoms with Gasteiger partial charge in [0.15, 0.2) is 0 Å². The van der Waals surface area contributed by atoms with E-state index >= 15 is 0 Å². The van der Waals surface area contributed by atoms with Crippen LogP contribution in [0.25, 0.3) is 0 Å². The summed E-state index contributed by atoms with van der Waals surface area (Å²) < 4.78 is 0. The average Bonchev–Trinajstić information content (AvgIpc) is 2.38. The quantitative estimate of drug-likeness (QED) is 0.448. The molecule has 0 aliphatic heterocycles. The highest BCUT2D eigenvalue weighted by molar-refractivity contribution is 5.34. The maximum absolute atomic E-state index is 8.33. The Balaban J connectivity index is -0.0000000860. The van der Waals surface area contributed by atoms with Crippen molar-refractivity contribution < 1.29 is 0 Å². The van der Waals surface area contributed by atoms with E-state index in [0.717, 1.165) is 0 Å². The molecular formula is C14H27N. The molecule has 0 aliphatic rings. The first-order valence-electron chi connectivity index (χ1n) is 5.70. The molecule has 0 spiro atoms. The van der Waals surface area contributed by atoms with Gasteiger partial charge in [0.1, 0.15) is 0 Å². The predicted octanol–water partition coefficient (Wildman–Crippen LogP) is 5.28. The molecule has 0 aromatic carbocycles. The predicted molar refractivity (Wildman–Crippen MR) is 72.8 cm³/mol. The lowest BCUT2D eigenvalue weighted by Crippen LogP contribution is -1.65. The summed E-state index contributed by atoms with van der Waals surface area (Å²) in [5, 5.41) is 8.33. The van der Waals surface area contributed by atoms with Crippen molar-refractivity contribution >= 4 is 0 Å². The van der Waals surface area contributed by atoms with Crippen LogP contribution in [0.1, 0.15) is 48.5 Å². The van der Waals surface area contributed by atoms with E-state index in [1.807, 2.05) is 60.6 Å². The van der Waals surface area contributed by atoms with Gasteiger partial charge in [-0.15, -0.1) is 0 Å². The topological polar surface area (TPSA) is 23.8 Å².